The Hall–Kier alpha value is -1.40. The van der Waals surface area contributed by atoms with E-state index in [0.717, 1.165) is 0 Å². The third-order valence-corrected chi connectivity index (χ3v) is 2.30. The minimum atomic E-state index is -1.63. The topological polar surface area (TPSA) is 68.2 Å². The Morgan fingerprint density at radius 1 is 0.895 bits per heavy atom. The smallest absolute Gasteiger partial charge is 0.492 e. The van der Waals surface area contributed by atoms with Gasteiger partial charge in [0.25, 0.3) is 0 Å². The monoisotopic (exact) mass is 268 g/mol. The van der Waals surface area contributed by atoms with Crippen LogP contribution < -0.4 is 19.7 Å². The Balaban J connectivity index is 3.25. The van der Waals surface area contributed by atoms with Crippen molar-refractivity contribution >= 4 is 12.6 Å². The molecule has 0 amide bonds. The average Bonchev–Trinajstić information content (AvgIpc) is 2.27. The van der Waals surface area contributed by atoms with Gasteiger partial charge >= 0.3 is 7.12 Å². The van der Waals surface area contributed by atoms with E-state index in [1.165, 1.54) is 13.2 Å². The minimum Gasteiger partial charge on any atom is -0.493 e. The summed E-state index contributed by atoms with van der Waals surface area (Å²) in [5.41, 5.74) is 0.252. The lowest BCUT2D eigenvalue weighted by Gasteiger charge is -2.19. The van der Waals surface area contributed by atoms with E-state index in [4.69, 9.17) is 14.2 Å². The van der Waals surface area contributed by atoms with E-state index in [1.807, 2.05) is 27.7 Å². The Labute approximate surface area is 114 Å². The highest BCUT2D eigenvalue weighted by atomic mass is 16.5. The van der Waals surface area contributed by atoms with Crippen LogP contribution in [0.4, 0.5) is 0 Å². The molecule has 2 N–H and O–H groups in total. The largest absolute Gasteiger partial charge is 0.493 e. The second kappa shape index (κ2) is 6.68. The Morgan fingerprint density at radius 2 is 1.42 bits per heavy atom. The van der Waals surface area contributed by atoms with Crippen molar-refractivity contribution in [2.75, 3.05) is 7.11 Å². The normalized spacial score (nSPS) is 10.8. The van der Waals surface area contributed by atoms with E-state index < -0.39 is 7.12 Å². The van der Waals surface area contributed by atoms with Crippen LogP contribution >= 0.6 is 0 Å². The van der Waals surface area contributed by atoms with E-state index in [2.05, 4.69) is 0 Å². The zero-order chi connectivity index (χ0) is 14.6. The lowest BCUT2D eigenvalue weighted by molar-refractivity contribution is 0.221. The minimum absolute atomic E-state index is 0.0225. The van der Waals surface area contributed by atoms with E-state index in [1.54, 1.807) is 6.07 Å². The van der Waals surface area contributed by atoms with Gasteiger partial charge in [-0.25, -0.2) is 0 Å². The SMILES string of the molecule is COc1cc(B(O)O)c(OC(C)C)cc1OC(C)C. The van der Waals surface area contributed by atoms with Gasteiger partial charge in [-0.05, 0) is 33.8 Å². The molecule has 6 heteroatoms. The van der Waals surface area contributed by atoms with E-state index >= 15 is 0 Å². The number of hydrogen-bond donors (Lipinski definition) is 2. The predicted octanol–water partition coefficient (Wildman–Crippen LogP) is 0.949. The van der Waals surface area contributed by atoms with Crippen LogP contribution in [0, 0.1) is 0 Å². The van der Waals surface area contributed by atoms with Crippen molar-refractivity contribution in [3.8, 4) is 17.2 Å². The Bertz CT molecular complexity index is 418. The first-order valence-corrected chi connectivity index (χ1v) is 6.26. The summed E-state index contributed by atoms with van der Waals surface area (Å²) < 4.78 is 16.4. The van der Waals surface area contributed by atoms with Crippen LogP contribution in [0.3, 0.4) is 0 Å². The standard InChI is InChI=1S/C13H21BO5/c1-8(2)18-11-7-13(19-9(3)4)12(17-5)6-10(11)14(15)16/h6-9,15-16H,1-5H3. The van der Waals surface area contributed by atoms with Gasteiger partial charge in [0.05, 0.1) is 19.3 Å². The molecule has 0 saturated carbocycles. The third-order valence-electron chi connectivity index (χ3n) is 2.30. The number of ether oxygens (including phenoxy) is 3. The van der Waals surface area contributed by atoms with Crippen LogP contribution in [0.2, 0.25) is 0 Å². The molecule has 1 rings (SSSR count). The maximum atomic E-state index is 9.39. The van der Waals surface area contributed by atoms with Crippen molar-refractivity contribution in [2.24, 2.45) is 0 Å². The summed E-state index contributed by atoms with van der Waals surface area (Å²) in [7, 11) is -0.130. The van der Waals surface area contributed by atoms with Gasteiger partial charge in [-0.3, -0.25) is 0 Å². The van der Waals surface area contributed by atoms with Crippen molar-refractivity contribution in [3.05, 3.63) is 12.1 Å². The molecule has 0 heterocycles. The molecule has 0 atom stereocenters. The van der Waals surface area contributed by atoms with E-state index in [0.29, 0.717) is 17.2 Å². The molecule has 0 aromatic heterocycles. The molecule has 0 fully saturated rings. The maximum Gasteiger partial charge on any atom is 0.492 e. The van der Waals surface area contributed by atoms with E-state index in [9.17, 15) is 10.0 Å². The predicted molar refractivity (Wildman–Crippen MR) is 74.3 cm³/mol. The molecule has 0 unspecified atom stereocenters. The van der Waals surface area contributed by atoms with Crippen LogP contribution in [-0.2, 0) is 0 Å². The number of methoxy groups -OCH3 is 1. The van der Waals surface area contributed by atoms with Gasteiger partial charge in [-0.2, -0.15) is 0 Å². The molecule has 0 aliphatic heterocycles. The summed E-state index contributed by atoms with van der Waals surface area (Å²) in [6, 6.07) is 3.13. The summed E-state index contributed by atoms with van der Waals surface area (Å²) >= 11 is 0. The van der Waals surface area contributed by atoms with Gasteiger partial charge in [0.15, 0.2) is 11.5 Å². The molecule has 0 aliphatic rings. The van der Waals surface area contributed by atoms with Crippen molar-refractivity contribution in [3.63, 3.8) is 0 Å². The van der Waals surface area contributed by atoms with Crippen LogP contribution in [0.25, 0.3) is 0 Å². The average molecular weight is 268 g/mol. The van der Waals surface area contributed by atoms with Gasteiger partial charge < -0.3 is 24.3 Å². The van der Waals surface area contributed by atoms with Crippen LogP contribution in [0.1, 0.15) is 27.7 Å². The van der Waals surface area contributed by atoms with Crippen molar-refractivity contribution in [2.45, 2.75) is 39.9 Å². The van der Waals surface area contributed by atoms with Crippen LogP contribution in [-0.4, -0.2) is 36.5 Å². The van der Waals surface area contributed by atoms with Crippen LogP contribution in [0.15, 0.2) is 12.1 Å². The molecule has 0 saturated heterocycles. The highest BCUT2D eigenvalue weighted by Gasteiger charge is 2.22. The lowest BCUT2D eigenvalue weighted by Crippen LogP contribution is -2.32. The van der Waals surface area contributed by atoms with Gasteiger partial charge in [0.2, 0.25) is 0 Å². The fourth-order valence-corrected chi connectivity index (χ4v) is 1.62. The van der Waals surface area contributed by atoms with Crippen LogP contribution in [0.5, 0.6) is 17.2 Å². The summed E-state index contributed by atoms with van der Waals surface area (Å²) in [5.74, 6) is 1.33. The summed E-state index contributed by atoms with van der Waals surface area (Å²) in [5, 5.41) is 18.8. The van der Waals surface area contributed by atoms with Crippen molar-refractivity contribution in [1.29, 1.82) is 0 Å². The molecule has 0 radical (unpaired) electrons. The summed E-state index contributed by atoms with van der Waals surface area (Å²) in [4.78, 5) is 0. The summed E-state index contributed by atoms with van der Waals surface area (Å²) in [6.45, 7) is 7.52. The maximum absolute atomic E-state index is 9.39. The fraction of sp³-hybridized carbons (Fsp3) is 0.538. The number of benzene rings is 1. The molecule has 0 bridgehead atoms. The number of rotatable bonds is 6. The molecule has 106 valence electrons. The third kappa shape index (κ3) is 4.33. The van der Waals surface area contributed by atoms with Gasteiger partial charge in [-0.1, -0.05) is 0 Å². The first-order chi connectivity index (χ1) is 8.85. The van der Waals surface area contributed by atoms with Crippen molar-refractivity contribution in [1.82, 2.24) is 0 Å². The Morgan fingerprint density at radius 3 is 1.84 bits per heavy atom. The zero-order valence-corrected chi connectivity index (χ0v) is 12.0. The molecule has 1 aromatic carbocycles. The second-order valence-electron chi connectivity index (χ2n) is 4.75. The molecule has 0 aliphatic carbocycles. The molecular weight excluding hydrogens is 247 g/mol. The quantitative estimate of drug-likeness (QED) is 0.752. The summed E-state index contributed by atoms with van der Waals surface area (Å²) in [6.07, 6.45) is -0.108. The molecule has 5 nitrogen and oxygen atoms in total. The van der Waals surface area contributed by atoms with Crippen molar-refractivity contribution < 1.29 is 24.3 Å². The fourth-order valence-electron chi connectivity index (χ4n) is 1.62. The highest BCUT2D eigenvalue weighted by molar-refractivity contribution is 6.59. The van der Waals surface area contributed by atoms with E-state index in [-0.39, 0.29) is 17.7 Å². The first-order valence-electron chi connectivity index (χ1n) is 6.26. The van der Waals surface area contributed by atoms with Gasteiger partial charge in [0, 0.05) is 11.5 Å². The second-order valence-corrected chi connectivity index (χ2v) is 4.75. The molecule has 19 heavy (non-hydrogen) atoms. The lowest BCUT2D eigenvalue weighted by atomic mass is 9.79. The molecule has 1 aromatic rings. The molecule has 0 spiro atoms. The highest BCUT2D eigenvalue weighted by Crippen LogP contribution is 2.31. The van der Waals surface area contributed by atoms with Gasteiger partial charge in [-0.15, -0.1) is 0 Å². The zero-order valence-electron chi connectivity index (χ0n) is 12.0. The Kier molecular flexibility index (Phi) is 5.51. The molecular formula is C13H21BO5. The van der Waals surface area contributed by atoms with Gasteiger partial charge in [0.1, 0.15) is 5.75 Å². The first kappa shape index (κ1) is 15.7. The number of hydrogen-bond acceptors (Lipinski definition) is 5.